The third kappa shape index (κ3) is 3.07. The average molecular weight is 190 g/mol. The second kappa shape index (κ2) is 4.40. The highest BCUT2D eigenvalue weighted by atomic mass is 32.2. The van der Waals surface area contributed by atoms with E-state index in [1.807, 2.05) is 11.8 Å². The number of thioether (sulfide) groups is 1. The van der Waals surface area contributed by atoms with E-state index >= 15 is 0 Å². The molecule has 2 nitrogen and oxygen atoms in total. The second-order valence-electron chi connectivity index (χ2n) is 2.66. The SMILES string of the molecule is CC[NH+]1C=C(SC(C)C)S[N-]1. The van der Waals surface area contributed by atoms with Gasteiger partial charge in [-0.3, -0.25) is 0 Å². The van der Waals surface area contributed by atoms with Crippen LogP contribution in [0.25, 0.3) is 4.83 Å². The Balaban J connectivity index is 2.36. The van der Waals surface area contributed by atoms with E-state index in [2.05, 4.69) is 31.8 Å². The molecule has 0 aromatic carbocycles. The lowest BCUT2D eigenvalue weighted by atomic mass is 10.6. The molecule has 0 saturated heterocycles. The molecule has 0 aromatic rings. The van der Waals surface area contributed by atoms with E-state index in [0.29, 0.717) is 5.25 Å². The van der Waals surface area contributed by atoms with Crippen LogP contribution in [0.4, 0.5) is 0 Å². The van der Waals surface area contributed by atoms with Gasteiger partial charge in [-0.15, -0.1) is 11.8 Å². The summed E-state index contributed by atoms with van der Waals surface area (Å²) in [7, 11) is 0. The van der Waals surface area contributed by atoms with Crippen molar-refractivity contribution in [2.45, 2.75) is 26.0 Å². The van der Waals surface area contributed by atoms with Gasteiger partial charge < -0.3 is 9.84 Å². The van der Waals surface area contributed by atoms with E-state index < -0.39 is 0 Å². The predicted molar refractivity (Wildman–Crippen MR) is 53.3 cm³/mol. The molecular weight excluding hydrogens is 176 g/mol. The maximum Gasteiger partial charge on any atom is 0.104 e. The topological polar surface area (TPSA) is 18.5 Å². The number of quaternary nitrogens is 1. The number of nitrogens with one attached hydrogen (secondary N) is 1. The molecule has 64 valence electrons. The molecule has 0 aromatic heterocycles. The summed E-state index contributed by atoms with van der Waals surface area (Å²) < 4.78 is 1.34. The molecule has 1 rings (SSSR count). The van der Waals surface area contributed by atoms with Crippen LogP contribution in [0, 0.1) is 0 Å². The molecule has 1 aliphatic heterocycles. The maximum atomic E-state index is 4.31. The van der Waals surface area contributed by atoms with E-state index in [1.165, 1.54) is 9.25 Å². The van der Waals surface area contributed by atoms with Gasteiger partial charge in [0.15, 0.2) is 0 Å². The van der Waals surface area contributed by atoms with Crippen molar-refractivity contribution < 1.29 is 5.01 Å². The zero-order valence-corrected chi connectivity index (χ0v) is 8.76. The largest absolute Gasteiger partial charge is 0.388 e. The highest BCUT2D eigenvalue weighted by Crippen LogP contribution is 2.34. The number of hydrogen-bond donors (Lipinski definition) is 1. The van der Waals surface area contributed by atoms with Crippen LogP contribution in [0.1, 0.15) is 20.8 Å². The summed E-state index contributed by atoms with van der Waals surface area (Å²) in [6, 6.07) is 0. The van der Waals surface area contributed by atoms with Crippen molar-refractivity contribution in [1.82, 2.24) is 0 Å². The van der Waals surface area contributed by atoms with Gasteiger partial charge in [-0.2, -0.15) is 11.9 Å². The van der Waals surface area contributed by atoms with Gasteiger partial charge in [-0.25, -0.2) is 0 Å². The van der Waals surface area contributed by atoms with Gasteiger partial charge in [0.05, 0.1) is 10.8 Å². The molecule has 1 N–H and O–H groups in total. The minimum Gasteiger partial charge on any atom is -0.388 e. The van der Waals surface area contributed by atoms with Crippen molar-refractivity contribution in [2.75, 3.05) is 6.54 Å². The molecule has 0 saturated carbocycles. The van der Waals surface area contributed by atoms with E-state index in [0.717, 1.165) is 6.54 Å². The molecule has 0 aliphatic carbocycles. The van der Waals surface area contributed by atoms with E-state index in [4.69, 9.17) is 0 Å². The van der Waals surface area contributed by atoms with Crippen LogP contribution >= 0.6 is 23.7 Å². The number of nitrogens with zero attached hydrogens (tertiary/aromatic N) is 1. The maximum absolute atomic E-state index is 4.31. The Labute approximate surface area is 76.9 Å². The fourth-order valence-corrected chi connectivity index (χ4v) is 2.85. The predicted octanol–water partition coefficient (Wildman–Crippen LogP) is 1.78. The third-order valence-electron chi connectivity index (χ3n) is 1.25. The molecule has 1 unspecified atom stereocenters. The van der Waals surface area contributed by atoms with Crippen LogP contribution in [0.2, 0.25) is 0 Å². The summed E-state index contributed by atoms with van der Waals surface area (Å²) in [5.74, 6) is 0. The quantitative estimate of drug-likeness (QED) is 0.684. The summed E-state index contributed by atoms with van der Waals surface area (Å²) in [5, 5.41) is 1.89. The molecule has 0 radical (unpaired) electrons. The smallest absolute Gasteiger partial charge is 0.104 e. The van der Waals surface area contributed by atoms with Gasteiger partial charge in [0.1, 0.15) is 6.20 Å². The summed E-state index contributed by atoms with van der Waals surface area (Å²) >= 11 is 3.51. The van der Waals surface area contributed by atoms with E-state index in [1.54, 1.807) is 11.9 Å². The van der Waals surface area contributed by atoms with Gasteiger partial charge >= 0.3 is 0 Å². The molecule has 1 heterocycles. The molecule has 0 fully saturated rings. The van der Waals surface area contributed by atoms with Crippen LogP contribution < -0.4 is 5.01 Å². The van der Waals surface area contributed by atoms with Crippen molar-refractivity contribution in [2.24, 2.45) is 0 Å². The summed E-state index contributed by atoms with van der Waals surface area (Å²) in [4.78, 5) is 4.31. The Morgan fingerprint density at radius 2 is 2.45 bits per heavy atom. The number of hydrogen-bond acceptors (Lipinski definition) is 2. The Hall–Kier alpha value is 0.360. The van der Waals surface area contributed by atoms with Crippen LogP contribution in [0.3, 0.4) is 0 Å². The van der Waals surface area contributed by atoms with Crippen molar-refractivity contribution in [3.05, 3.63) is 15.3 Å². The van der Waals surface area contributed by atoms with Crippen molar-refractivity contribution in [3.63, 3.8) is 0 Å². The first-order valence-corrected chi connectivity index (χ1v) is 5.50. The fourth-order valence-electron chi connectivity index (χ4n) is 0.747. The summed E-state index contributed by atoms with van der Waals surface area (Å²) in [6.45, 7) is 7.60. The third-order valence-corrected chi connectivity index (χ3v) is 3.21. The zero-order valence-electron chi connectivity index (χ0n) is 7.13. The molecule has 1 atom stereocenters. The van der Waals surface area contributed by atoms with Gasteiger partial charge in [0, 0.05) is 5.25 Å². The Morgan fingerprint density at radius 3 is 2.91 bits per heavy atom. The van der Waals surface area contributed by atoms with Crippen molar-refractivity contribution >= 4 is 23.7 Å². The lowest BCUT2D eigenvalue weighted by Gasteiger charge is -2.17. The average Bonchev–Trinajstić information content (AvgIpc) is 2.34. The molecule has 4 heteroatoms. The lowest BCUT2D eigenvalue weighted by molar-refractivity contribution is -0.793. The van der Waals surface area contributed by atoms with Gasteiger partial charge in [-0.1, -0.05) is 13.8 Å². The monoisotopic (exact) mass is 190 g/mol. The van der Waals surface area contributed by atoms with Crippen LogP contribution in [-0.2, 0) is 0 Å². The molecule has 0 bridgehead atoms. The molecule has 0 amide bonds. The van der Waals surface area contributed by atoms with E-state index in [-0.39, 0.29) is 0 Å². The van der Waals surface area contributed by atoms with Gasteiger partial charge in [0.2, 0.25) is 0 Å². The summed E-state index contributed by atoms with van der Waals surface area (Å²) in [5.41, 5.74) is 0. The van der Waals surface area contributed by atoms with Crippen molar-refractivity contribution in [3.8, 4) is 0 Å². The Bertz CT molecular complexity index is 157. The standard InChI is InChI=1S/C7H14N2S2/c1-4-9-5-7(11-8-9)10-6(2)3/h5-6,9H,4H2,1-3H3. The second-order valence-corrected chi connectivity index (χ2v) is 5.34. The molecule has 1 aliphatic rings. The van der Waals surface area contributed by atoms with Gasteiger partial charge in [0.25, 0.3) is 0 Å². The minimum atomic E-state index is 0.667. The number of rotatable bonds is 3. The minimum absolute atomic E-state index is 0.667. The Kier molecular flexibility index (Phi) is 3.78. The van der Waals surface area contributed by atoms with Crippen LogP contribution in [0.15, 0.2) is 10.4 Å². The van der Waals surface area contributed by atoms with E-state index in [9.17, 15) is 0 Å². The lowest BCUT2D eigenvalue weighted by Crippen LogP contribution is -3.01. The molecule has 11 heavy (non-hydrogen) atoms. The highest BCUT2D eigenvalue weighted by Gasteiger charge is 2.08. The van der Waals surface area contributed by atoms with Crippen LogP contribution in [0.5, 0.6) is 0 Å². The fraction of sp³-hybridized carbons (Fsp3) is 0.714. The first-order valence-electron chi connectivity index (χ1n) is 3.84. The molecule has 0 spiro atoms. The van der Waals surface area contributed by atoms with Crippen LogP contribution in [-0.4, -0.2) is 11.8 Å². The molecular formula is C7H14N2S2. The Morgan fingerprint density at radius 1 is 1.73 bits per heavy atom. The normalized spacial score (nSPS) is 24.4. The zero-order chi connectivity index (χ0) is 8.27. The van der Waals surface area contributed by atoms with Crippen molar-refractivity contribution in [1.29, 1.82) is 0 Å². The highest BCUT2D eigenvalue weighted by molar-refractivity contribution is 8.23. The summed E-state index contributed by atoms with van der Waals surface area (Å²) in [6.07, 6.45) is 2.19. The first-order chi connectivity index (χ1) is 5.22. The first kappa shape index (κ1) is 9.45. The van der Waals surface area contributed by atoms with Gasteiger partial charge in [-0.05, 0) is 6.92 Å².